The van der Waals surface area contributed by atoms with Gasteiger partial charge < -0.3 is 5.32 Å². The topological polar surface area (TPSA) is 79.2 Å². The van der Waals surface area contributed by atoms with Gasteiger partial charge in [0.15, 0.2) is 5.11 Å². The van der Waals surface area contributed by atoms with Gasteiger partial charge >= 0.3 is 0 Å². The number of hydrogen-bond acceptors (Lipinski definition) is 4. The molecule has 114 valence electrons. The first-order valence-corrected chi connectivity index (χ1v) is 7.02. The molecule has 7 heteroatoms. The Morgan fingerprint density at radius 1 is 1.14 bits per heavy atom. The zero-order chi connectivity index (χ0) is 16.1. The number of hydrazine groups is 1. The van der Waals surface area contributed by atoms with Gasteiger partial charge in [0.2, 0.25) is 0 Å². The summed E-state index contributed by atoms with van der Waals surface area (Å²) in [4.78, 5) is 10.5. The zero-order valence-corrected chi connectivity index (χ0v) is 13.0. The van der Waals surface area contributed by atoms with Crippen molar-refractivity contribution in [3.8, 4) is 0 Å². The zero-order valence-electron chi connectivity index (χ0n) is 12.2. The molecule has 3 N–H and O–H groups in total. The van der Waals surface area contributed by atoms with Crippen molar-refractivity contribution in [1.82, 2.24) is 5.43 Å². The van der Waals surface area contributed by atoms with E-state index in [1.165, 1.54) is 6.07 Å². The van der Waals surface area contributed by atoms with Gasteiger partial charge in [-0.2, -0.15) is 0 Å². The van der Waals surface area contributed by atoms with E-state index in [2.05, 4.69) is 16.2 Å². The Morgan fingerprint density at radius 2 is 1.86 bits per heavy atom. The van der Waals surface area contributed by atoms with Crippen molar-refractivity contribution in [2.24, 2.45) is 0 Å². The predicted molar refractivity (Wildman–Crippen MR) is 92.0 cm³/mol. The van der Waals surface area contributed by atoms with Crippen LogP contribution < -0.4 is 16.2 Å². The first kappa shape index (κ1) is 15.7. The highest BCUT2D eigenvalue weighted by Gasteiger charge is 2.12. The molecule has 0 aliphatic carbocycles. The van der Waals surface area contributed by atoms with E-state index in [9.17, 15) is 10.1 Å². The minimum absolute atomic E-state index is 0.0236. The van der Waals surface area contributed by atoms with Crippen LogP contribution in [0.3, 0.4) is 0 Å². The molecule has 0 fully saturated rings. The summed E-state index contributed by atoms with van der Waals surface area (Å²) in [6.07, 6.45) is 0. The van der Waals surface area contributed by atoms with Crippen LogP contribution in [0.4, 0.5) is 17.1 Å². The summed E-state index contributed by atoms with van der Waals surface area (Å²) in [6, 6.07) is 12.3. The van der Waals surface area contributed by atoms with Crippen molar-refractivity contribution < 1.29 is 4.92 Å². The number of para-hydroxylation sites is 2. The molecule has 0 atom stereocenters. The smallest absolute Gasteiger partial charge is 0.294 e. The summed E-state index contributed by atoms with van der Waals surface area (Å²) < 4.78 is 0. The molecule has 0 amide bonds. The molecule has 0 spiro atoms. The van der Waals surface area contributed by atoms with Crippen LogP contribution in [0, 0.1) is 24.0 Å². The first-order valence-electron chi connectivity index (χ1n) is 6.61. The fourth-order valence-electron chi connectivity index (χ4n) is 1.89. The Labute approximate surface area is 133 Å². The lowest BCUT2D eigenvalue weighted by Crippen LogP contribution is -2.33. The Balaban J connectivity index is 2.02. The molecule has 0 unspecified atom stereocenters. The molecule has 0 radical (unpaired) electrons. The van der Waals surface area contributed by atoms with Crippen LogP contribution in [0.2, 0.25) is 0 Å². The van der Waals surface area contributed by atoms with E-state index in [-0.39, 0.29) is 5.69 Å². The Hall–Kier alpha value is -2.67. The van der Waals surface area contributed by atoms with E-state index in [1.807, 2.05) is 32.0 Å². The van der Waals surface area contributed by atoms with Gasteiger partial charge in [0, 0.05) is 11.8 Å². The lowest BCUT2D eigenvalue weighted by molar-refractivity contribution is -0.384. The van der Waals surface area contributed by atoms with Gasteiger partial charge in [0.05, 0.1) is 4.92 Å². The lowest BCUT2D eigenvalue weighted by atomic mass is 10.1. The maximum Gasteiger partial charge on any atom is 0.294 e. The van der Waals surface area contributed by atoms with Crippen LogP contribution in [-0.4, -0.2) is 10.0 Å². The van der Waals surface area contributed by atoms with E-state index in [1.54, 1.807) is 18.2 Å². The predicted octanol–water partition coefficient (Wildman–Crippen LogP) is 3.53. The molecule has 0 saturated carbocycles. The second kappa shape index (κ2) is 6.86. The van der Waals surface area contributed by atoms with Gasteiger partial charge in [-0.1, -0.05) is 24.3 Å². The van der Waals surface area contributed by atoms with Crippen LogP contribution in [-0.2, 0) is 0 Å². The van der Waals surface area contributed by atoms with E-state index in [0.717, 1.165) is 16.8 Å². The van der Waals surface area contributed by atoms with Gasteiger partial charge in [-0.3, -0.25) is 21.0 Å². The molecule has 0 heterocycles. The van der Waals surface area contributed by atoms with Crippen LogP contribution in [0.25, 0.3) is 0 Å². The minimum Gasteiger partial charge on any atom is -0.331 e. The van der Waals surface area contributed by atoms with E-state index >= 15 is 0 Å². The fourth-order valence-corrected chi connectivity index (χ4v) is 2.05. The second-order valence-electron chi connectivity index (χ2n) is 4.80. The Kier molecular flexibility index (Phi) is 4.90. The quantitative estimate of drug-likeness (QED) is 0.455. The van der Waals surface area contributed by atoms with Crippen LogP contribution in [0.15, 0.2) is 42.5 Å². The van der Waals surface area contributed by atoms with Crippen molar-refractivity contribution in [2.75, 3.05) is 10.7 Å². The molecule has 2 aromatic rings. The first-order chi connectivity index (χ1) is 10.5. The van der Waals surface area contributed by atoms with Gasteiger partial charge in [0.25, 0.3) is 5.69 Å². The van der Waals surface area contributed by atoms with Crippen molar-refractivity contribution in [1.29, 1.82) is 0 Å². The standard InChI is InChI=1S/C15H16N4O2S/c1-10-7-8-11(2)13(9-10)16-15(22)18-17-12-5-3-4-6-14(12)19(20)21/h3-9,17H,1-2H3,(H2,16,18,22). The van der Waals surface area contributed by atoms with Gasteiger partial charge in [-0.15, -0.1) is 0 Å². The summed E-state index contributed by atoms with van der Waals surface area (Å²) in [5, 5.41) is 14.3. The molecule has 0 aliphatic rings. The second-order valence-corrected chi connectivity index (χ2v) is 5.21. The molecule has 2 aromatic carbocycles. The van der Waals surface area contributed by atoms with Crippen LogP contribution in [0.5, 0.6) is 0 Å². The van der Waals surface area contributed by atoms with E-state index < -0.39 is 4.92 Å². The third kappa shape index (κ3) is 3.92. The summed E-state index contributed by atoms with van der Waals surface area (Å²) in [7, 11) is 0. The summed E-state index contributed by atoms with van der Waals surface area (Å²) in [6.45, 7) is 3.96. The maximum absolute atomic E-state index is 10.9. The number of thiocarbonyl (C=S) groups is 1. The lowest BCUT2D eigenvalue weighted by Gasteiger charge is -2.14. The minimum atomic E-state index is -0.453. The molecule has 0 aromatic heterocycles. The third-order valence-electron chi connectivity index (χ3n) is 3.05. The molecular weight excluding hydrogens is 300 g/mol. The number of hydrogen-bond donors (Lipinski definition) is 3. The monoisotopic (exact) mass is 316 g/mol. The summed E-state index contributed by atoms with van der Waals surface area (Å²) in [5.74, 6) is 0. The molecule has 22 heavy (non-hydrogen) atoms. The molecular formula is C15H16N4O2S. The van der Waals surface area contributed by atoms with Crippen LogP contribution in [0.1, 0.15) is 11.1 Å². The highest BCUT2D eigenvalue weighted by atomic mass is 32.1. The average Bonchev–Trinajstić information content (AvgIpc) is 2.49. The van der Waals surface area contributed by atoms with Gasteiger partial charge in [-0.05, 0) is 49.3 Å². The highest BCUT2D eigenvalue weighted by Crippen LogP contribution is 2.22. The molecule has 0 aliphatic heterocycles. The molecule has 6 nitrogen and oxygen atoms in total. The normalized spacial score (nSPS) is 9.91. The van der Waals surface area contributed by atoms with Crippen molar-refractivity contribution in [2.45, 2.75) is 13.8 Å². The number of nitro groups is 1. The van der Waals surface area contributed by atoms with Gasteiger partial charge in [-0.25, -0.2) is 0 Å². The maximum atomic E-state index is 10.9. The Bertz CT molecular complexity index is 718. The summed E-state index contributed by atoms with van der Waals surface area (Å²) in [5.41, 5.74) is 8.89. The number of nitro benzene ring substituents is 1. The SMILES string of the molecule is Cc1ccc(C)c(NC(=S)NNc2ccccc2[N+](=O)[O-])c1. The van der Waals surface area contributed by atoms with E-state index in [0.29, 0.717) is 10.8 Å². The van der Waals surface area contributed by atoms with Crippen molar-refractivity contribution >= 4 is 34.4 Å². The largest absolute Gasteiger partial charge is 0.331 e. The van der Waals surface area contributed by atoms with Crippen LogP contribution >= 0.6 is 12.2 Å². The van der Waals surface area contributed by atoms with E-state index in [4.69, 9.17) is 12.2 Å². The Morgan fingerprint density at radius 3 is 2.59 bits per heavy atom. The number of rotatable bonds is 4. The average molecular weight is 316 g/mol. The molecule has 0 bridgehead atoms. The number of anilines is 2. The number of benzene rings is 2. The fraction of sp³-hybridized carbons (Fsp3) is 0.133. The number of aryl methyl sites for hydroxylation is 2. The molecule has 0 saturated heterocycles. The van der Waals surface area contributed by atoms with Crippen molar-refractivity contribution in [3.63, 3.8) is 0 Å². The van der Waals surface area contributed by atoms with Gasteiger partial charge in [0.1, 0.15) is 5.69 Å². The molecule has 2 rings (SSSR count). The third-order valence-corrected chi connectivity index (χ3v) is 3.26. The number of nitrogens with zero attached hydrogens (tertiary/aromatic N) is 1. The van der Waals surface area contributed by atoms with Crippen molar-refractivity contribution in [3.05, 3.63) is 63.7 Å². The number of nitrogens with one attached hydrogen (secondary N) is 3. The highest BCUT2D eigenvalue weighted by molar-refractivity contribution is 7.80. The summed E-state index contributed by atoms with van der Waals surface area (Å²) >= 11 is 5.19.